The summed E-state index contributed by atoms with van der Waals surface area (Å²) in [5.41, 5.74) is 3.11. The molecule has 0 spiro atoms. The largest absolute Gasteiger partial charge is 0.352 e. The molecule has 0 unspecified atom stereocenters. The van der Waals surface area contributed by atoms with Gasteiger partial charge in [0.15, 0.2) is 5.82 Å². The summed E-state index contributed by atoms with van der Waals surface area (Å²) in [5.74, 6) is 0.831. The fraction of sp³-hybridized carbons (Fsp3) is 0.333. The van der Waals surface area contributed by atoms with Crippen molar-refractivity contribution in [2.45, 2.75) is 24.7 Å². The Labute approximate surface area is 171 Å². The monoisotopic (exact) mass is 411 g/mol. The molecular weight excluding hydrogens is 386 g/mol. The normalized spacial score (nSPS) is 15.6. The molecule has 0 bridgehead atoms. The predicted molar refractivity (Wildman–Crippen MR) is 113 cm³/mol. The van der Waals surface area contributed by atoms with Crippen LogP contribution in [-0.2, 0) is 16.4 Å². The first-order chi connectivity index (χ1) is 14.1. The highest BCUT2D eigenvalue weighted by Crippen LogP contribution is 2.24. The van der Waals surface area contributed by atoms with Crippen LogP contribution < -0.4 is 4.90 Å². The average molecular weight is 412 g/mol. The van der Waals surface area contributed by atoms with Crippen molar-refractivity contribution in [2.24, 2.45) is 0 Å². The van der Waals surface area contributed by atoms with Gasteiger partial charge in [0.25, 0.3) is 0 Å². The van der Waals surface area contributed by atoms with Gasteiger partial charge < -0.3 is 4.90 Å². The van der Waals surface area contributed by atoms with Crippen LogP contribution in [0.1, 0.15) is 18.9 Å². The number of H-pyrrole nitrogens is 1. The van der Waals surface area contributed by atoms with Gasteiger partial charge in [-0.2, -0.15) is 9.40 Å². The number of anilines is 1. The minimum Gasteiger partial charge on any atom is -0.352 e. The number of rotatable bonds is 6. The highest BCUT2D eigenvalue weighted by molar-refractivity contribution is 7.89. The number of nitrogens with one attached hydrogen (secondary N) is 1. The summed E-state index contributed by atoms with van der Waals surface area (Å²) in [4.78, 5) is 6.51. The molecule has 1 fully saturated rings. The lowest BCUT2D eigenvalue weighted by Gasteiger charge is -2.34. The lowest BCUT2D eigenvalue weighted by Crippen LogP contribution is -2.48. The Morgan fingerprint density at radius 1 is 1.00 bits per heavy atom. The number of aromatic amines is 1. The summed E-state index contributed by atoms with van der Waals surface area (Å²) in [5, 5.41) is 7.45. The smallest absolute Gasteiger partial charge is 0.243 e. The van der Waals surface area contributed by atoms with Crippen molar-refractivity contribution in [1.29, 1.82) is 0 Å². The molecule has 3 heterocycles. The van der Waals surface area contributed by atoms with Crippen LogP contribution in [-0.4, -0.2) is 54.1 Å². The highest BCUT2D eigenvalue weighted by Gasteiger charge is 2.29. The summed E-state index contributed by atoms with van der Waals surface area (Å²) < 4.78 is 27.5. The Bertz CT molecular complexity index is 1040. The summed E-state index contributed by atoms with van der Waals surface area (Å²) in [6.07, 6.45) is 5.50. The van der Waals surface area contributed by atoms with Crippen LogP contribution in [0.5, 0.6) is 0 Å². The minimum atomic E-state index is -3.47. The number of hydrogen-bond donors (Lipinski definition) is 1. The number of piperazine rings is 1. The molecular formula is C21H25N5O2S. The fourth-order valence-corrected chi connectivity index (χ4v) is 5.00. The third kappa shape index (κ3) is 4.18. The van der Waals surface area contributed by atoms with Gasteiger partial charge in [-0.3, -0.25) is 10.1 Å². The van der Waals surface area contributed by atoms with E-state index in [1.165, 1.54) is 5.56 Å². The number of aromatic nitrogens is 3. The number of hydrogen-bond acceptors (Lipinski definition) is 5. The van der Waals surface area contributed by atoms with Gasteiger partial charge in [0, 0.05) is 50.2 Å². The second-order valence-electron chi connectivity index (χ2n) is 7.16. The maximum atomic E-state index is 13.0. The molecule has 0 aliphatic carbocycles. The maximum absolute atomic E-state index is 13.0. The zero-order valence-electron chi connectivity index (χ0n) is 16.5. The highest BCUT2D eigenvalue weighted by atomic mass is 32.2. The molecule has 0 radical (unpaired) electrons. The summed E-state index contributed by atoms with van der Waals surface area (Å²) in [7, 11) is -3.47. The maximum Gasteiger partial charge on any atom is 0.243 e. The van der Waals surface area contributed by atoms with E-state index in [1.54, 1.807) is 28.8 Å². The Hall–Kier alpha value is -2.71. The van der Waals surface area contributed by atoms with Gasteiger partial charge in [-0.15, -0.1) is 0 Å². The van der Waals surface area contributed by atoms with Crippen molar-refractivity contribution >= 4 is 15.8 Å². The van der Waals surface area contributed by atoms with Crippen LogP contribution in [0.3, 0.4) is 0 Å². The van der Waals surface area contributed by atoms with Crippen molar-refractivity contribution in [1.82, 2.24) is 19.5 Å². The molecule has 0 saturated carbocycles. The topological polar surface area (TPSA) is 82.2 Å². The van der Waals surface area contributed by atoms with E-state index in [2.05, 4.69) is 27.0 Å². The number of pyridine rings is 1. The van der Waals surface area contributed by atoms with E-state index in [9.17, 15) is 8.42 Å². The molecule has 7 nitrogen and oxygen atoms in total. The summed E-state index contributed by atoms with van der Waals surface area (Å²) >= 11 is 0. The molecule has 29 heavy (non-hydrogen) atoms. The van der Waals surface area contributed by atoms with Crippen molar-refractivity contribution in [3.05, 3.63) is 60.4 Å². The third-order valence-electron chi connectivity index (χ3n) is 5.22. The standard InChI is InChI=1S/C21H25N5O2S/c1-2-3-17-4-6-19(7-5-17)29(27,28)26-14-12-25(13-15-26)21-16-20(23-24-21)18-8-10-22-11-9-18/h4-11,16H,2-3,12-15H2,1H3,(H,23,24). The van der Waals surface area contributed by atoms with Gasteiger partial charge >= 0.3 is 0 Å². The van der Waals surface area contributed by atoms with E-state index < -0.39 is 10.0 Å². The molecule has 1 saturated heterocycles. The molecule has 1 aromatic carbocycles. The van der Waals surface area contributed by atoms with Gasteiger partial charge in [0.1, 0.15) is 0 Å². The zero-order valence-corrected chi connectivity index (χ0v) is 17.3. The zero-order chi connectivity index (χ0) is 20.3. The average Bonchev–Trinajstić information content (AvgIpc) is 3.25. The molecule has 0 atom stereocenters. The van der Waals surface area contributed by atoms with Crippen LogP contribution in [0.15, 0.2) is 59.8 Å². The van der Waals surface area contributed by atoms with Crippen molar-refractivity contribution < 1.29 is 8.42 Å². The molecule has 0 amide bonds. The molecule has 152 valence electrons. The SMILES string of the molecule is CCCc1ccc(S(=O)(=O)N2CCN(c3cc(-c4ccncc4)[nH]n3)CC2)cc1. The first-order valence-electron chi connectivity index (χ1n) is 9.88. The quantitative estimate of drug-likeness (QED) is 0.674. The van der Waals surface area contributed by atoms with Crippen molar-refractivity contribution in [3.8, 4) is 11.3 Å². The van der Waals surface area contributed by atoms with Gasteiger partial charge in [-0.05, 0) is 36.2 Å². The van der Waals surface area contributed by atoms with Crippen LogP contribution in [0.4, 0.5) is 5.82 Å². The Kier molecular flexibility index (Phi) is 5.64. The lowest BCUT2D eigenvalue weighted by atomic mass is 10.1. The number of aryl methyl sites for hydroxylation is 1. The molecule has 4 rings (SSSR count). The Morgan fingerprint density at radius 3 is 2.34 bits per heavy atom. The second-order valence-corrected chi connectivity index (χ2v) is 9.10. The predicted octanol–water partition coefficient (Wildman–Crippen LogP) is 2.94. The van der Waals surface area contributed by atoms with E-state index in [-0.39, 0.29) is 0 Å². The molecule has 1 N–H and O–H groups in total. The van der Waals surface area contributed by atoms with Crippen molar-refractivity contribution in [3.63, 3.8) is 0 Å². The van der Waals surface area contributed by atoms with Crippen LogP contribution in [0, 0.1) is 0 Å². The number of benzene rings is 1. The summed E-state index contributed by atoms with van der Waals surface area (Å²) in [6, 6.07) is 13.1. The van der Waals surface area contributed by atoms with Gasteiger partial charge in [0.05, 0.1) is 10.6 Å². The Morgan fingerprint density at radius 2 is 1.69 bits per heavy atom. The van der Waals surface area contributed by atoms with E-state index >= 15 is 0 Å². The van der Waals surface area contributed by atoms with E-state index in [0.717, 1.165) is 29.9 Å². The van der Waals surface area contributed by atoms with Crippen LogP contribution in [0.2, 0.25) is 0 Å². The second kappa shape index (κ2) is 8.34. The Balaban J connectivity index is 1.42. The van der Waals surface area contributed by atoms with Crippen LogP contribution in [0.25, 0.3) is 11.3 Å². The van der Waals surface area contributed by atoms with E-state index in [1.807, 2.05) is 30.3 Å². The van der Waals surface area contributed by atoms with Crippen LogP contribution >= 0.6 is 0 Å². The molecule has 1 aliphatic rings. The fourth-order valence-electron chi connectivity index (χ4n) is 3.58. The third-order valence-corrected chi connectivity index (χ3v) is 7.13. The van der Waals surface area contributed by atoms with Gasteiger partial charge in [-0.25, -0.2) is 8.42 Å². The molecule has 1 aliphatic heterocycles. The van der Waals surface area contributed by atoms with E-state index in [4.69, 9.17) is 0 Å². The van der Waals surface area contributed by atoms with Crippen molar-refractivity contribution in [2.75, 3.05) is 31.1 Å². The number of sulfonamides is 1. The first kappa shape index (κ1) is 19.6. The lowest BCUT2D eigenvalue weighted by molar-refractivity contribution is 0.384. The molecule has 3 aromatic rings. The van der Waals surface area contributed by atoms with E-state index in [0.29, 0.717) is 31.1 Å². The molecule has 8 heteroatoms. The minimum absolute atomic E-state index is 0.366. The van der Waals surface area contributed by atoms with Gasteiger partial charge in [0.2, 0.25) is 10.0 Å². The van der Waals surface area contributed by atoms with Gasteiger partial charge in [-0.1, -0.05) is 25.5 Å². The molecule has 2 aromatic heterocycles. The number of nitrogens with zero attached hydrogens (tertiary/aromatic N) is 4. The first-order valence-corrected chi connectivity index (χ1v) is 11.3. The summed E-state index contributed by atoms with van der Waals surface area (Å²) in [6.45, 7) is 4.21.